The van der Waals surface area contributed by atoms with E-state index in [-0.39, 0.29) is 24.1 Å². The van der Waals surface area contributed by atoms with Crippen molar-refractivity contribution in [3.8, 4) is 5.75 Å². The fourth-order valence-corrected chi connectivity index (χ4v) is 3.11. The van der Waals surface area contributed by atoms with E-state index in [1.165, 1.54) is 22.8 Å². The summed E-state index contributed by atoms with van der Waals surface area (Å²) in [7, 11) is 0. The number of carbonyl (C=O) groups excluding carboxylic acids is 2. The third-order valence-corrected chi connectivity index (χ3v) is 4.49. The predicted octanol–water partition coefficient (Wildman–Crippen LogP) is 4.12. The summed E-state index contributed by atoms with van der Waals surface area (Å²) in [6.07, 6.45) is 0.540. The number of phenolic OH excluding ortho intramolecular Hbond substituents is 1. The van der Waals surface area contributed by atoms with Gasteiger partial charge in [0.25, 0.3) is 5.91 Å². The normalized spacial score (nSPS) is 11.0. The minimum absolute atomic E-state index is 0.128. The van der Waals surface area contributed by atoms with Gasteiger partial charge in [-0.25, -0.2) is 8.78 Å². The molecule has 0 unspecified atom stereocenters. The summed E-state index contributed by atoms with van der Waals surface area (Å²) in [5.74, 6) is -2.94. The molecule has 0 saturated carbocycles. The first-order valence-corrected chi connectivity index (χ1v) is 8.81. The van der Waals surface area contributed by atoms with Crippen LogP contribution in [0.4, 0.5) is 8.78 Å². The largest absolute Gasteiger partial charge is 0.505 e. The van der Waals surface area contributed by atoms with E-state index in [1.807, 2.05) is 6.92 Å². The maximum atomic E-state index is 14.0. The lowest BCUT2D eigenvalue weighted by atomic mass is 10.1. The van der Waals surface area contributed by atoms with E-state index < -0.39 is 29.3 Å². The Labute approximate surface area is 160 Å². The van der Waals surface area contributed by atoms with Crippen molar-refractivity contribution in [1.82, 2.24) is 4.57 Å². The van der Waals surface area contributed by atoms with Gasteiger partial charge in [0.15, 0.2) is 11.6 Å². The predicted molar refractivity (Wildman–Crippen MR) is 99.4 cm³/mol. The third kappa shape index (κ3) is 3.60. The number of fused-ring (bicyclic) bond motifs is 1. The summed E-state index contributed by atoms with van der Waals surface area (Å²) >= 11 is 0. The van der Waals surface area contributed by atoms with E-state index in [9.17, 15) is 23.5 Å². The summed E-state index contributed by atoms with van der Waals surface area (Å²) in [6.45, 7) is 3.76. The smallest absolute Gasteiger partial charge is 0.310 e. The fraction of sp³-hybridized carbons (Fsp3) is 0.238. The Morgan fingerprint density at radius 3 is 2.46 bits per heavy atom. The number of ether oxygens (including phenoxy) is 1. The van der Waals surface area contributed by atoms with Crippen LogP contribution in [0.5, 0.6) is 5.75 Å². The SMILES string of the molecule is CCCOC(=O)Cc1c(C)n(C(=O)c2ccc(F)cc2)c2cc(F)c(O)cc12. The minimum Gasteiger partial charge on any atom is -0.505 e. The lowest BCUT2D eigenvalue weighted by Crippen LogP contribution is -2.15. The highest BCUT2D eigenvalue weighted by Gasteiger charge is 2.23. The Kier molecular flexibility index (Phi) is 5.44. The summed E-state index contributed by atoms with van der Waals surface area (Å²) in [6, 6.07) is 7.20. The molecule has 0 bridgehead atoms. The second-order valence-electron chi connectivity index (χ2n) is 6.43. The standard InChI is InChI=1S/C21H19F2NO4/c1-3-8-28-20(26)10-15-12(2)24(18-11-17(23)19(25)9-16(15)18)21(27)13-4-6-14(22)7-5-13/h4-7,9,11,25H,3,8,10H2,1-2H3. The molecule has 7 heteroatoms. The molecule has 3 aromatic rings. The van der Waals surface area contributed by atoms with Gasteiger partial charge < -0.3 is 9.84 Å². The van der Waals surface area contributed by atoms with Gasteiger partial charge in [0.2, 0.25) is 0 Å². The van der Waals surface area contributed by atoms with Gasteiger partial charge in [-0.2, -0.15) is 0 Å². The Balaban J connectivity index is 2.15. The number of hydrogen-bond acceptors (Lipinski definition) is 4. The minimum atomic E-state index is -0.890. The molecule has 0 fully saturated rings. The maximum absolute atomic E-state index is 14.0. The summed E-state index contributed by atoms with van der Waals surface area (Å²) in [5, 5.41) is 10.2. The van der Waals surface area contributed by atoms with Crippen LogP contribution in [0.25, 0.3) is 10.9 Å². The Bertz CT molecular complexity index is 1050. The Hall–Kier alpha value is -3.22. The highest BCUT2D eigenvalue weighted by Crippen LogP contribution is 2.32. The number of aromatic nitrogens is 1. The van der Waals surface area contributed by atoms with Crippen molar-refractivity contribution in [3.05, 3.63) is 64.9 Å². The van der Waals surface area contributed by atoms with Gasteiger partial charge in [-0.3, -0.25) is 14.2 Å². The van der Waals surface area contributed by atoms with Gasteiger partial charge in [-0.15, -0.1) is 0 Å². The zero-order chi connectivity index (χ0) is 20.4. The lowest BCUT2D eigenvalue weighted by molar-refractivity contribution is -0.142. The Morgan fingerprint density at radius 2 is 1.82 bits per heavy atom. The number of hydrogen-bond donors (Lipinski definition) is 1. The molecular weight excluding hydrogens is 368 g/mol. The number of phenols is 1. The van der Waals surface area contributed by atoms with Crippen molar-refractivity contribution in [2.45, 2.75) is 26.7 Å². The third-order valence-electron chi connectivity index (χ3n) is 4.49. The van der Waals surface area contributed by atoms with Gasteiger partial charge in [-0.1, -0.05) is 6.92 Å². The van der Waals surface area contributed by atoms with Crippen LogP contribution in [0.15, 0.2) is 36.4 Å². The van der Waals surface area contributed by atoms with Gasteiger partial charge in [0, 0.05) is 22.7 Å². The highest BCUT2D eigenvalue weighted by atomic mass is 19.1. The summed E-state index contributed by atoms with van der Waals surface area (Å²) in [5.41, 5.74) is 1.29. The molecular formula is C21H19F2NO4. The zero-order valence-electron chi connectivity index (χ0n) is 15.5. The molecule has 0 aliphatic carbocycles. The van der Waals surface area contributed by atoms with Crippen LogP contribution in [0.3, 0.4) is 0 Å². The van der Waals surface area contributed by atoms with Crippen LogP contribution in [0.2, 0.25) is 0 Å². The monoisotopic (exact) mass is 387 g/mol. The van der Waals surface area contributed by atoms with E-state index in [1.54, 1.807) is 6.92 Å². The summed E-state index contributed by atoms with van der Waals surface area (Å²) in [4.78, 5) is 25.1. The molecule has 0 saturated heterocycles. The van der Waals surface area contributed by atoms with Crippen molar-refractivity contribution < 1.29 is 28.2 Å². The second kappa shape index (κ2) is 7.80. The number of benzene rings is 2. The average Bonchev–Trinajstić information content (AvgIpc) is 2.91. The molecule has 0 aliphatic rings. The van der Waals surface area contributed by atoms with Crippen LogP contribution in [0.1, 0.15) is 35.0 Å². The molecule has 3 rings (SSSR count). The topological polar surface area (TPSA) is 68.5 Å². The Morgan fingerprint density at radius 1 is 1.14 bits per heavy atom. The molecule has 146 valence electrons. The lowest BCUT2D eigenvalue weighted by Gasteiger charge is -2.08. The van der Waals surface area contributed by atoms with Gasteiger partial charge in [0.1, 0.15) is 5.82 Å². The van der Waals surface area contributed by atoms with Gasteiger partial charge in [0.05, 0.1) is 18.5 Å². The van der Waals surface area contributed by atoms with E-state index in [0.717, 1.165) is 18.2 Å². The van der Waals surface area contributed by atoms with Crippen LogP contribution < -0.4 is 0 Å². The average molecular weight is 387 g/mol. The number of nitrogens with zero attached hydrogens (tertiary/aromatic N) is 1. The fourth-order valence-electron chi connectivity index (χ4n) is 3.11. The molecule has 0 radical (unpaired) electrons. The first kappa shape index (κ1) is 19.5. The summed E-state index contributed by atoms with van der Waals surface area (Å²) < 4.78 is 33.6. The molecule has 1 heterocycles. The molecule has 0 aliphatic heterocycles. The molecule has 5 nitrogen and oxygen atoms in total. The van der Waals surface area contributed by atoms with E-state index >= 15 is 0 Å². The molecule has 1 aromatic heterocycles. The van der Waals surface area contributed by atoms with E-state index in [4.69, 9.17) is 4.74 Å². The van der Waals surface area contributed by atoms with E-state index in [0.29, 0.717) is 23.1 Å². The van der Waals surface area contributed by atoms with Crippen molar-refractivity contribution in [2.24, 2.45) is 0 Å². The van der Waals surface area contributed by atoms with Crippen LogP contribution >= 0.6 is 0 Å². The zero-order valence-corrected chi connectivity index (χ0v) is 15.5. The van der Waals surface area contributed by atoms with Crippen LogP contribution in [0, 0.1) is 18.6 Å². The number of rotatable bonds is 5. The quantitative estimate of drug-likeness (QED) is 0.669. The first-order valence-electron chi connectivity index (χ1n) is 8.81. The van der Waals surface area contributed by atoms with Crippen molar-refractivity contribution in [2.75, 3.05) is 6.61 Å². The highest BCUT2D eigenvalue weighted by molar-refractivity contribution is 6.05. The number of carbonyl (C=O) groups is 2. The molecule has 0 amide bonds. The van der Waals surface area contributed by atoms with E-state index in [2.05, 4.69) is 0 Å². The second-order valence-corrected chi connectivity index (χ2v) is 6.43. The molecule has 28 heavy (non-hydrogen) atoms. The van der Waals surface area contributed by atoms with Crippen molar-refractivity contribution in [3.63, 3.8) is 0 Å². The van der Waals surface area contributed by atoms with Gasteiger partial charge in [-0.05, 0) is 49.2 Å². The number of esters is 1. The molecule has 2 aromatic carbocycles. The molecule has 0 spiro atoms. The maximum Gasteiger partial charge on any atom is 0.310 e. The van der Waals surface area contributed by atoms with Gasteiger partial charge >= 0.3 is 5.97 Å². The number of aromatic hydroxyl groups is 1. The molecule has 1 N–H and O–H groups in total. The van der Waals surface area contributed by atoms with Crippen LogP contribution in [-0.4, -0.2) is 28.2 Å². The van der Waals surface area contributed by atoms with Crippen molar-refractivity contribution in [1.29, 1.82) is 0 Å². The van der Waals surface area contributed by atoms with Crippen LogP contribution in [-0.2, 0) is 16.0 Å². The molecule has 0 atom stereocenters. The van der Waals surface area contributed by atoms with Crippen molar-refractivity contribution >= 4 is 22.8 Å². The number of halogens is 2. The first-order chi connectivity index (χ1) is 13.3.